The third-order valence-electron chi connectivity index (χ3n) is 2.59. The van der Waals surface area contributed by atoms with E-state index < -0.39 is 0 Å². The van der Waals surface area contributed by atoms with Gasteiger partial charge in [0.2, 0.25) is 5.91 Å². The Morgan fingerprint density at radius 2 is 2.00 bits per heavy atom. The molecule has 4 nitrogen and oxygen atoms in total. The predicted molar refractivity (Wildman–Crippen MR) is 76.3 cm³/mol. The number of aromatic hydroxyl groups is 1. The highest BCUT2D eigenvalue weighted by Gasteiger charge is 2.09. The van der Waals surface area contributed by atoms with Crippen LogP contribution in [0.15, 0.2) is 42.5 Å². The molecule has 0 aromatic heterocycles. The molecule has 2 aromatic rings. The van der Waals surface area contributed by atoms with Crippen LogP contribution >= 0.6 is 11.6 Å². The molecule has 0 aliphatic heterocycles. The number of amides is 1. The summed E-state index contributed by atoms with van der Waals surface area (Å²) in [4.78, 5) is 11.9. The Labute approximate surface area is 115 Å². The summed E-state index contributed by atoms with van der Waals surface area (Å²) in [5.74, 6) is -0.118. The molecule has 0 unspecified atom stereocenters. The Morgan fingerprint density at radius 1 is 1.26 bits per heavy atom. The van der Waals surface area contributed by atoms with Crippen LogP contribution in [0.4, 0.5) is 11.4 Å². The number of carbonyl (C=O) groups is 1. The third-order valence-corrected chi connectivity index (χ3v) is 2.90. The third kappa shape index (κ3) is 3.39. The normalized spacial score (nSPS) is 10.2. The van der Waals surface area contributed by atoms with E-state index in [0.29, 0.717) is 22.0 Å². The first kappa shape index (κ1) is 13.2. The van der Waals surface area contributed by atoms with Gasteiger partial charge in [-0.05, 0) is 29.8 Å². The molecule has 0 fully saturated rings. The molecule has 1 amide bonds. The smallest absolute Gasteiger partial charge is 0.228 e. The van der Waals surface area contributed by atoms with Crippen molar-refractivity contribution >= 4 is 28.9 Å². The van der Waals surface area contributed by atoms with Crippen LogP contribution in [-0.4, -0.2) is 11.0 Å². The Hall–Kier alpha value is -2.20. The summed E-state index contributed by atoms with van der Waals surface area (Å²) in [6.07, 6.45) is 0.138. The molecule has 0 radical (unpaired) electrons. The number of phenols is 1. The molecular weight excluding hydrogens is 264 g/mol. The summed E-state index contributed by atoms with van der Waals surface area (Å²) in [5, 5.41) is 12.4. The van der Waals surface area contributed by atoms with Gasteiger partial charge in [-0.25, -0.2) is 0 Å². The second-order valence-corrected chi connectivity index (χ2v) is 4.51. The summed E-state index contributed by atoms with van der Waals surface area (Å²) < 4.78 is 0. The summed E-state index contributed by atoms with van der Waals surface area (Å²) in [5.41, 5.74) is 7.28. The van der Waals surface area contributed by atoms with Crippen LogP contribution < -0.4 is 11.1 Å². The zero-order chi connectivity index (χ0) is 13.8. The van der Waals surface area contributed by atoms with E-state index in [4.69, 9.17) is 17.3 Å². The molecule has 5 heteroatoms. The van der Waals surface area contributed by atoms with Gasteiger partial charge in [0.15, 0.2) is 0 Å². The number of phenolic OH excluding ortho intramolecular Hbond substituents is 1. The van der Waals surface area contributed by atoms with Gasteiger partial charge < -0.3 is 16.2 Å². The lowest BCUT2D eigenvalue weighted by molar-refractivity contribution is -0.115. The SMILES string of the molecule is Nc1cccc(Cl)c1NC(=O)Cc1cccc(O)c1. The number of halogens is 1. The van der Waals surface area contributed by atoms with Gasteiger partial charge in [-0.3, -0.25) is 4.79 Å². The predicted octanol–water partition coefficient (Wildman–Crippen LogP) is 2.81. The molecule has 98 valence electrons. The Kier molecular flexibility index (Phi) is 3.92. The minimum absolute atomic E-state index is 0.127. The standard InChI is InChI=1S/C14H13ClN2O2/c15-11-5-2-6-12(16)14(11)17-13(19)8-9-3-1-4-10(18)7-9/h1-7,18H,8,16H2,(H,17,19). The first-order valence-corrected chi connectivity index (χ1v) is 6.06. The number of carbonyl (C=O) groups excluding carboxylic acids is 1. The maximum Gasteiger partial charge on any atom is 0.228 e. The monoisotopic (exact) mass is 276 g/mol. The molecule has 0 aliphatic rings. The summed E-state index contributed by atoms with van der Waals surface area (Å²) >= 11 is 5.97. The van der Waals surface area contributed by atoms with E-state index in [1.807, 2.05) is 0 Å². The average Bonchev–Trinajstić information content (AvgIpc) is 2.34. The first-order chi connectivity index (χ1) is 9.06. The van der Waals surface area contributed by atoms with Crippen LogP contribution in [0.3, 0.4) is 0 Å². The molecule has 0 saturated heterocycles. The zero-order valence-corrected chi connectivity index (χ0v) is 10.8. The summed E-state index contributed by atoms with van der Waals surface area (Å²) in [6.45, 7) is 0. The number of nitrogens with two attached hydrogens (primary N) is 1. The minimum atomic E-state index is -0.245. The van der Waals surface area contributed by atoms with Crippen LogP contribution in [0.5, 0.6) is 5.75 Å². The van der Waals surface area contributed by atoms with E-state index in [2.05, 4.69) is 5.32 Å². The molecule has 0 aliphatic carbocycles. The van der Waals surface area contributed by atoms with Gasteiger partial charge in [0, 0.05) is 0 Å². The molecule has 19 heavy (non-hydrogen) atoms. The van der Waals surface area contributed by atoms with Crippen molar-refractivity contribution in [3.8, 4) is 5.75 Å². The second kappa shape index (κ2) is 5.63. The van der Waals surface area contributed by atoms with Crippen molar-refractivity contribution in [3.63, 3.8) is 0 Å². The lowest BCUT2D eigenvalue weighted by Gasteiger charge is -2.10. The average molecular weight is 277 g/mol. The highest BCUT2D eigenvalue weighted by atomic mass is 35.5. The van der Waals surface area contributed by atoms with Gasteiger partial charge >= 0.3 is 0 Å². The lowest BCUT2D eigenvalue weighted by atomic mass is 10.1. The van der Waals surface area contributed by atoms with Gasteiger partial charge in [-0.1, -0.05) is 29.8 Å². The van der Waals surface area contributed by atoms with Crippen LogP contribution in [0.2, 0.25) is 5.02 Å². The van der Waals surface area contributed by atoms with Crippen molar-refractivity contribution < 1.29 is 9.90 Å². The molecule has 0 bridgehead atoms. The zero-order valence-electron chi connectivity index (χ0n) is 10.1. The molecular formula is C14H13ClN2O2. The Morgan fingerprint density at radius 3 is 2.68 bits per heavy atom. The number of hydrogen-bond acceptors (Lipinski definition) is 3. The van der Waals surface area contributed by atoms with Crippen molar-refractivity contribution in [1.82, 2.24) is 0 Å². The minimum Gasteiger partial charge on any atom is -0.508 e. The van der Waals surface area contributed by atoms with E-state index in [1.165, 1.54) is 6.07 Å². The van der Waals surface area contributed by atoms with Crippen LogP contribution in [0.25, 0.3) is 0 Å². The van der Waals surface area contributed by atoms with Crippen molar-refractivity contribution in [2.24, 2.45) is 0 Å². The Bertz CT molecular complexity index is 594. The van der Waals surface area contributed by atoms with Crippen LogP contribution in [0, 0.1) is 0 Å². The number of nitrogen functional groups attached to an aromatic ring is 1. The van der Waals surface area contributed by atoms with Gasteiger partial charge in [0.05, 0.1) is 22.8 Å². The lowest BCUT2D eigenvalue weighted by Crippen LogP contribution is -2.15. The van der Waals surface area contributed by atoms with E-state index >= 15 is 0 Å². The molecule has 0 heterocycles. The number of anilines is 2. The highest BCUT2D eigenvalue weighted by Crippen LogP contribution is 2.27. The van der Waals surface area contributed by atoms with Gasteiger partial charge in [0.1, 0.15) is 5.75 Å². The number of hydrogen-bond donors (Lipinski definition) is 3. The fourth-order valence-electron chi connectivity index (χ4n) is 1.71. The number of rotatable bonds is 3. The second-order valence-electron chi connectivity index (χ2n) is 4.10. The van der Waals surface area contributed by atoms with Crippen LogP contribution in [0.1, 0.15) is 5.56 Å². The molecule has 4 N–H and O–H groups in total. The van der Waals surface area contributed by atoms with Crippen molar-refractivity contribution in [2.45, 2.75) is 6.42 Å². The fourth-order valence-corrected chi connectivity index (χ4v) is 1.94. The van der Waals surface area contributed by atoms with E-state index in [9.17, 15) is 9.90 Å². The topological polar surface area (TPSA) is 75.3 Å². The highest BCUT2D eigenvalue weighted by molar-refractivity contribution is 6.34. The van der Waals surface area contributed by atoms with Gasteiger partial charge in [-0.15, -0.1) is 0 Å². The maximum atomic E-state index is 11.9. The number of para-hydroxylation sites is 1. The number of nitrogens with one attached hydrogen (secondary N) is 1. The van der Waals surface area contributed by atoms with Gasteiger partial charge in [0.25, 0.3) is 0 Å². The number of benzene rings is 2. The molecule has 2 aromatic carbocycles. The van der Waals surface area contributed by atoms with Crippen molar-refractivity contribution in [2.75, 3.05) is 11.1 Å². The van der Waals surface area contributed by atoms with Crippen molar-refractivity contribution in [1.29, 1.82) is 0 Å². The largest absolute Gasteiger partial charge is 0.508 e. The fraction of sp³-hybridized carbons (Fsp3) is 0.0714. The quantitative estimate of drug-likeness (QED) is 0.755. The van der Waals surface area contributed by atoms with E-state index in [-0.39, 0.29) is 18.1 Å². The van der Waals surface area contributed by atoms with Gasteiger partial charge in [-0.2, -0.15) is 0 Å². The summed E-state index contributed by atoms with van der Waals surface area (Å²) in [6, 6.07) is 11.6. The van der Waals surface area contributed by atoms with E-state index in [0.717, 1.165) is 0 Å². The van der Waals surface area contributed by atoms with Crippen molar-refractivity contribution in [3.05, 3.63) is 53.1 Å². The summed E-state index contributed by atoms with van der Waals surface area (Å²) in [7, 11) is 0. The molecule has 2 rings (SSSR count). The Balaban J connectivity index is 2.10. The molecule has 0 spiro atoms. The van der Waals surface area contributed by atoms with Crippen LogP contribution in [-0.2, 0) is 11.2 Å². The molecule has 0 saturated carbocycles. The maximum absolute atomic E-state index is 11.9. The molecule has 0 atom stereocenters. The first-order valence-electron chi connectivity index (χ1n) is 5.68. The van der Waals surface area contributed by atoms with E-state index in [1.54, 1.807) is 36.4 Å².